The molecule has 1 aromatic heterocycles. The Labute approximate surface area is 137 Å². The minimum absolute atomic E-state index is 0.00514. The van der Waals surface area contributed by atoms with Gasteiger partial charge in [-0.1, -0.05) is 12.1 Å². The van der Waals surface area contributed by atoms with Crippen LogP contribution in [0.2, 0.25) is 0 Å². The van der Waals surface area contributed by atoms with E-state index < -0.39 is 0 Å². The number of rotatable bonds is 3. The van der Waals surface area contributed by atoms with Crippen molar-refractivity contribution in [3.8, 4) is 18.2 Å². The summed E-state index contributed by atoms with van der Waals surface area (Å²) >= 11 is 0. The van der Waals surface area contributed by atoms with E-state index in [4.69, 9.17) is 10.5 Å². The molecule has 0 aliphatic carbocycles. The van der Waals surface area contributed by atoms with E-state index in [9.17, 15) is 5.26 Å². The molecule has 2 aromatic rings. The van der Waals surface area contributed by atoms with Gasteiger partial charge in [0.2, 0.25) is 0 Å². The van der Waals surface area contributed by atoms with Crippen molar-refractivity contribution < 1.29 is 0 Å². The molecule has 0 N–H and O–H groups in total. The summed E-state index contributed by atoms with van der Waals surface area (Å²) in [6.07, 6.45) is 0.0608. The second-order valence-corrected chi connectivity index (χ2v) is 4.85. The first-order valence-electron chi connectivity index (χ1n) is 7.03. The summed E-state index contributed by atoms with van der Waals surface area (Å²) in [6, 6.07) is 14.9. The Morgan fingerprint density at radius 1 is 0.917 bits per heavy atom. The minimum Gasteiger partial charge on any atom is -0.236 e. The molecule has 1 aromatic carbocycles. The summed E-state index contributed by atoms with van der Waals surface area (Å²) in [7, 11) is 0. The summed E-state index contributed by atoms with van der Waals surface area (Å²) in [5.74, 6) is 0.535. The summed E-state index contributed by atoms with van der Waals surface area (Å²) in [4.78, 5) is 17.1. The van der Waals surface area contributed by atoms with E-state index in [1.807, 2.05) is 36.4 Å². The first-order chi connectivity index (χ1) is 11.7. The molecule has 0 saturated carbocycles. The fraction of sp³-hybridized carbons (Fsp3) is 0.118. The van der Waals surface area contributed by atoms with Crippen LogP contribution in [0.1, 0.15) is 17.2 Å². The maximum absolute atomic E-state index is 9.54. The Morgan fingerprint density at radius 2 is 1.58 bits per heavy atom. The molecular formula is C17H9N7. The Balaban J connectivity index is 2.18. The topological polar surface area (TPSA) is 122 Å². The monoisotopic (exact) mass is 311 g/mol. The van der Waals surface area contributed by atoms with Gasteiger partial charge in [0.05, 0.1) is 47.1 Å². The van der Waals surface area contributed by atoms with Gasteiger partial charge in [-0.05, 0) is 18.2 Å². The molecule has 3 rings (SSSR count). The lowest BCUT2D eigenvalue weighted by Crippen LogP contribution is -2.19. The van der Waals surface area contributed by atoms with E-state index in [-0.39, 0.29) is 30.1 Å². The van der Waals surface area contributed by atoms with Crippen LogP contribution in [0.15, 0.2) is 46.1 Å². The Hall–Kier alpha value is -3.89. The normalized spacial score (nSPS) is 11.3. The molecule has 0 atom stereocenters. The van der Waals surface area contributed by atoms with E-state index in [0.29, 0.717) is 22.1 Å². The second-order valence-electron chi connectivity index (χ2n) is 4.85. The lowest BCUT2D eigenvalue weighted by Gasteiger charge is -2.04. The van der Waals surface area contributed by atoms with Gasteiger partial charge in [0.1, 0.15) is 17.5 Å². The van der Waals surface area contributed by atoms with Crippen molar-refractivity contribution >= 4 is 5.57 Å². The minimum atomic E-state index is -0.00514. The molecule has 24 heavy (non-hydrogen) atoms. The van der Waals surface area contributed by atoms with E-state index in [0.717, 1.165) is 0 Å². The number of para-hydroxylation sites is 2. The molecule has 1 aliphatic rings. The van der Waals surface area contributed by atoms with Gasteiger partial charge >= 0.3 is 0 Å². The highest BCUT2D eigenvalue weighted by Gasteiger charge is 2.15. The number of nitrogens with zero attached hydrogens (tertiary/aromatic N) is 7. The van der Waals surface area contributed by atoms with Gasteiger partial charge in [-0.2, -0.15) is 15.8 Å². The zero-order chi connectivity index (χ0) is 16.9. The SMILES string of the molecule is N#CCc1cc(C(C#N)=C2N=c3ccccc3=N2)nc(CC#N)n1. The van der Waals surface area contributed by atoms with Crippen LogP contribution < -0.4 is 10.7 Å². The van der Waals surface area contributed by atoms with E-state index >= 15 is 0 Å². The highest BCUT2D eigenvalue weighted by Crippen LogP contribution is 2.20. The molecule has 0 saturated heterocycles. The standard InChI is InChI=1S/C17H9N7/c18-7-5-11-9-15(22-16(21-11)6-8-19)12(10-20)17-23-13-3-1-2-4-14(13)24-17/h1-4,9H,5-6H2. The van der Waals surface area contributed by atoms with Crippen LogP contribution in [0, 0.1) is 34.0 Å². The largest absolute Gasteiger partial charge is 0.236 e. The first-order valence-corrected chi connectivity index (χ1v) is 7.03. The van der Waals surface area contributed by atoms with Crippen LogP contribution in [-0.2, 0) is 12.8 Å². The van der Waals surface area contributed by atoms with Gasteiger partial charge in [0.15, 0.2) is 5.82 Å². The lowest BCUT2D eigenvalue weighted by molar-refractivity contribution is 0.935. The molecule has 112 valence electrons. The van der Waals surface area contributed by atoms with Crippen molar-refractivity contribution in [3.05, 3.63) is 64.1 Å². The predicted molar refractivity (Wildman–Crippen MR) is 82.0 cm³/mol. The highest BCUT2D eigenvalue weighted by atomic mass is 15.0. The van der Waals surface area contributed by atoms with E-state index in [1.54, 1.807) is 6.07 Å². The van der Waals surface area contributed by atoms with Crippen molar-refractivity contribution in [1.82, 2.24) is 9.97 Å². The maximum Gasteiger partial charge on any atom is 0.173 e. The highest BCUT2D eigenvalue weighted by molar-refractivity contribution is 5.77. The molecule has 7 nitrogen and oxygen atoms in total. The number of benzene rings is 1. The van der Waals surface area contributed by atoms with Gasteiger partial charge in [-0.15, -0.1) is 0 Å². The fourth-order valence-electron chi connectivity index (χ4n) is 2.24. The smallest absolute Gasteiger partial charge is 0.173 e. The number of hydrogen-bond acceptors (Lipinski definition) is 7. The van der Waals surface area contributed by atoms with Crippen LogP contribution in [0.3, 0.4) is 0 Å². The molecule has 0 unspecified atom stereocenters. The first kappa shape index (κ1) is 15.0. The average molecular weight is 311 g/mol. The molecule has 2 heterocycles. The lowest BCUT2D eigenvalue weighted by atomic mass is 10.1. The number of fused-ring (bicyclic) bond motifs is 1. The third-order valence-electron chi connectivity index (χ3n) is 3.25. The van der Waals surface area contributed by atoms with Crippen molar-refractivity contribution in [2.45, 2.75) is 12.8 Å². The quantitative estimate of drug-likeness (QED) is 0.774. The zero-order valence-electron chi connectivity index (χ0n) is 12.4. The van der Waals surface area contributed by atoms with Crippen molar-refractivity contribution in [2.75, 3.05) is 0 Å². The molecule has 0 bridgehead atoms. The zero-order valence-corrected chi connectivity index (χ0v) is 12.4. The molecular weight excluding hydrogens is 302 g/mol. The third-order valence-corrected chi connectivity index (χ3v) is 3.25. The third kappa shape index (κ3) is 2.85. The van der Waals surface area contributed by atoms with Gasteiger partial charge in [-0.25, -0.2) is 20.0 Å². The Kier molecular flexibility index (Phi) is 4.05. The molecule has 1 aliphatic heterocycles. The molecule has 7 heteroatoms. The van der Waals surface area contributed by atoms with Gasteiger partial charge in [0, 0.05) is 0 Å². The molecule has 0 amide bonds. The van der Waals surface area contributed by atoms with E-state index in [2.05, 4.69) is 26.0 Å². The summed E-state index contributed by atoms with van der Waals surface area (Å²) < 4.78 is 0. The summed E-state index contributed by atoms with van der Waals surface area (Å²) in [5.41, 5.74) is 0.960. The summed E-state index contributed by atoms with van der Waals surface area (Å²) in [5, 5.41) is 28.6. The number of aromatic nitrogens is 2. The van der Waals surface area contributed by atoms with Crippen LogP contribution >= 0.6 is 0 Å². The summed E-state index contributed by atoms with van der Waals surface area (Å²) in [6.45, 7) is 0. The number of allylic oxidation sites excluding steroid dienone is 1. The second kappa shape index (κ2) is 6.48. The average Bonchev–Trinajstić information content (AvgIpc) is 2.99. The molecule has 0 radical (unpaired) electrons. The van der Waals surface area contributed by atoms with Gasteiger partial charge < -0.3 is 0 Å². The van der Waals surface area contributed by atoms with Gasteiger partial charge in [0.25, 0.3) is 0 Å². The number of hydrogen-bond donors (Lipinski definition) is 0. The van der Waals surface area contributed by atoms with Gasteiger partial charge in [-0.3, -0.25) is 0 Å². The molecule has 0 spiro atoms. The maximum atomic E-state index is 9.54. The van der Waals surface area contributed by atoms with Crippen molar-refractivity contribution in [2.24, 2.45) is 9.98 Å². The Bertz CT molecular complexity index is 1020. The van der Waals surface area contributed by atoms with Crippen molar-refractivity contribution in [1.29, 1.82) is 15.8 Å². The van der Waals surface area contributed by atoms with Crippen LogP contribution in [-0.4, -0.2) is 9.97 Å². The van der Waals surface area contributed by atoms with Crippen LogP contribution in [0.4, 0.5) is 0 Å². The number of nitriles is 3. The predicted octanol–water partition coefficient (Wildman–Crippen LogP) is 0.754. The van der Waals surface area contributed by atoms with Crippen LogP contribution in [0.25, 0.3) is 5.57 Å². The van der Waals surface area contributed by atoms with Crippen LogP contribution in [0.5, 0.6) is 0 Å². The fourth-order valence-corrected chi connectivity index (χ4v) is 2.24. The van der Waals surface area contributed by atoms with Crippen molar-refractivity contribution in [3.63, 3.8) is 0 Å². The molecule has 0 fully saturated rings. The Morgan fingerprint density at radius 3 is 2.17 bits per heavy atom. The van der Waals surface area contributed by atoms with E-state index in [1.165, 1.54) is 0 Å².